The topological polar surface area (TPSA) is 25.2 Å². The fourth-order valence-corrected chi connectivity index (χ4v) is 2.42. The van der Waals surface area contributed by atoms with Crippen LogP contribution in [0.3, 0.4) is 0 Å². The molecule has 0 amide bonds. The van der Waals surface area contributed by atoms with Gasteiger partial charge in [-0.3, -0.25) is 0 Å². The van der Waals surface area contributed by atoms with Gasteiger partial charge in [-0.05, 0) is 66.2 Å². The van der Waals surface area contributed by atoms with Crippen molar-refractivity contribution >= 4 is 22.6 Å². The largest absolute Gasteiger partial charge is 0.469 e. The molecule has 96 valence electrons. The third-order valence-electron chi connectivity index (χ3n) is 2.96. The molecule has 2 nitrogen and oxygen atoms in total. The third-order valence-corrected chi connectivity index (χ3v) is 3.68. The molecule has 0 saturated carbocycles. The molecule has 0 aliphatic rings. The van der Waals surface area contributed by atoms with Gasteiger partial charge in [0.05, 0.1) is 6.26 Å². The first-order chi connectivity index (χ1) is 8.69. The SMILES string of the molecule is CCNC(Cc1ccc(I)cc1)c1coc(C)c1. The Balaban J connectivity index is 2.13. The number of halogens is 1. The predicted octanol–water partition coefficient (Wildman–Crippen LogP) is 4.09. The van der Waals surface area contributed by atoms with E-state index < -0.39 is 0 Å². The number of aryl methyl sites for hydroxylation is 1. The molecule has 0 radical (unpaired) electrons. The summed E-state index contributed by atoms with van der Waals surface area (Å²) in [5, 5.41) is 3.51. The lowest BCUT2D eigenvalue weighted by Crippen LogP contribution is -2.22. The first kappa shape index (κ1) is 13.6. The van der Waals surface area contributed by atoms with Crippen molar-refractivity contribution in [1.29, 1.82) is 0 Å². The van der Waals surface area contributed by atoms with Crippen LogP contribution in [0.1, 0.15) is 29.9 Å². The minimum atomic E-state index is 0.326. The van der Waals surface area contributed by atoms with E-state index in [4.69, 9.17) is 4.42 Å². The van der Waals surface area contributed by atoms with Crippen LogP contribution in [0.5, 0.6) is 0 Å². The first-order valence-electron chi connectivity index (χ1n) is 6.22. The van der Waals surface area contributed by atoms with Crippen molar-refractivity contribution in [3.8, 4) is 0 Å². The summed E-state index contributed by atoms with van der Waals surface area (Å²) < 4.78 is 6.68. The van der Waals surface area contributed by atoms with Crippen molar-refractivity contribution < 1.29 is 4.42 Å². The van der Waals surface area contributed by atoms with Crippen molar-refractivity contribution in [2.24, 2.45) is 0 Å². The summed E-state index contributed by atoms with van der Waals surface area (Å²) in [5.74, 6) is 0.968. The summed E-state index contributed by atoms with van der Waals surface area (Å²) in [6.07, 6.45) is 2.85. The number of hydrogen-bond donors (Lipinski definition) is 1. The lowest BCUT2D eigenvalue weighted by molar-refractivity contribution is 0.511. The number of nitrogens with one attached hydrogen (secondary N) is 1. The van der Waals surface area contributed by atoms with Crippen LogP contribution in [-0.2, 0) is 6.42 Å². The summed E-state index contributed by atoms with van der Waals surface area (Å²) in [4.78, 5) is 0. The fourth-order valence-electron chi connectivity index (χ4n) is 2.06. The van der Waals surface area contributed by atoms with Crippen LogP contribution in [0.15, 0.2) is 41.0 Å². The normalized spacial score (nSPS) is 12.6. The van der Waals surface area contributed by atoms with E-state index in [1.807, 2.05) is 13.2 Å². The lowest BCUT2D eigenvalue weighted by atomic mass is 10.0. The zero-order valence-electron chi connectivity index (χ0n) is 10.7. The van der Waals surface area contributed by atoms with E-state index in [1.165, 1.54) is 14.7 Å². The van der Waals surface area contributed by atoms with Gasteiger partial charge in [0.15, 0.2) is 0 Å². The van der Waals surface area contributed by atoms with Crippen molar-refractivity contribution in [2.75, 3.05) is 6.54 Å². The van der Waals surface area contributed by atoms with Gasteiger partial charge >= 0.3 is 0 Å². The Morgan fingerprint density at radius 3 is 2.56 bits per heavy atom. The Kier molecular flexibility index (Phi) is 4.83. The van der Waals surface area contributed by atoms with E-state index in [0.717, 1.165) is 18.7 Å². The maximum Gasteiger partial charge on any atom is 0.101 e. The number of likely N-dealkylation sites (N-methyl/N-ethyl adjacent to an activating group) is 1. The van der Waals surface area contributed by atoms with E-state index in [9.17, 15) is 0 Å². The summed E-state index contributed by atoms with van der Waals surface area (Å²) >= 11 is 2.33. The predicted molar refractivity (Wildman–Crippen MR) is 82.7 cm³/mol. The van der Waals surface area contributed by atoms with E-state index >= 15 is 0 Å². The van der Waals surface area contributed by atoms with Gasteiger partial charge in [0.25, 0.3) is 0 Å². The van der Waals surface area contributed by atoms with E-state index in [-0.39, 0.29) is 0 Å². The number of rotatable bonds is 5. The molecule has 2 aromatic rings. The Morgan fingerprint density at radius 1 is 1.28 bits per heavy atom. The molecule has 0 aliphatic heterocycles. The molecule has 2 rings (SSSR count). The standard InChI is InChI=1S/C15H18INO/c1-3-17-15(13-8-11(2)18-10-13)9-12-4-6-14(16)7-5-12/h4-8,10,15,17H,3,9H2,1-2H3. The molecule has 0 aliphatic carbocycles. The van der Waals surface area contributed by atoms with Gasteiger partial charge in [-0.15, -0.1) is 0 Å². The molecule has 18 heavy (non-hydrogen) atoms. The van der Waals surface area contributed by atoms with E-state index in [0.29, 0.717) is 6.04 Å². The summed E-state index contributed by atoms with van der Waals surface area (Å²) in [7, 11) is 0. The molecule has 0 spiro atoms. The summed E-state index contributed by atoms with van der Waals surface area (Å²) in [6, 6.07) is 11.1. The average molecular weight is 355 g/mol. The second-order valence-corrected chi connectivity index (χ2v) is 5.68. The number of benzene rings is 1. The zero-order chi connectivity index (χ0) is 13.0. The quantitative estimate of drug-likeness (QED) is 0.818. The zero-order valence-corrected chi connectivity index (χ0v) is 12.9. The molecule has 0 bridgehead atoms. The van der Waals surface area contributed by atoms with E-state index in [1.54, 1.807) is 0 Å². The maximum absolute atomic E-state index is 5.41. The molecule has 1 atom stereocenters. The maximum atomic E-state index is 5.41. The van der Waals surface area contributed by atoms with Crippen LogP contribution in [0.2, 0.25) is 0 Å². The van der Waals surface area contributed by atoms with Gasteiger partial charge in [-0.2, -0.15) is 0 Å². The van der Waals surface area contributed by atoms with Crippen LogP contribution >= 0.6 is 22.6 Å². The average Bonchev–Trinajstić information content (AvgIpc) is 2.78. The Labute approximate surface area is 122 Å². The smallest absolute Gasteiger partial charge is 0.101 e. The molecule has 1 heterocycles. The molecule has 0 saturated heterocycles. The second-order valence-electron chi connectivity index (χ2n) is 4.43. The molecular formula is C15H18INO. The van der Waals surface area contributed by atoms with Gasteiger partial charge in [-0.1, -0.05) is 19.1 Å². The Hall–Kier alpha value is -0.810. The van der Waals surface area contributed by atoms with Crippen molar-refractivity contribution in [2.45, 2.75) is 26.3 Å². The monoisotopic (exact) mass is 355 g/mol. The fraction of sp³-hybridized carbons (Fsp3) is 0.333. The molecule has 1 N–H and O–H groups in total. The number of furan rings is 1. The Morgan fingerprint density at radius 2 is 2.00 bits per heavy atom. The molecule has 1 unspecified atom stereocenters. The third kappa shape index (κ3) is 3.59. The van der Waals surface area contributed by atoms with E-state index in [2.05, 4.69) is 65.2 Å². The molecular weight excluding hydrogens is 337 g/mol. The van der Waals surface area contributed by atoms with Crippen molar-refractivity contribution in [3.05, 3.63) is 57.1 Å². The summed E-state index contributed by atoms with van der Waals surface area (Å²) in [5.41, 5.74) is 2.58. The lowest BCUT2D eigenvalue weighted by Gasteiger charge is -2.16. The second kappa shape index (κ2) is 6.38. The first-order valence-corrected chi connectivity index (χ1v) is 7.29. The van der Waals surface area contributed by atoms with Crippen molar-refractivity contribution in [1.82, 2.24) is 5.32 Å². The highest BCUT2D eigenvalue weighted by Crippen LogP contribution is 2.21. The van der Waals surface area contributed by atoms with Crippen LogP contribution < -0.4 is 5.32 Å². The van der Waals surface area contributed by atoms with Crippen LogP contribution in [0, 0.1) is 10.5 Å². The number of hydrogen-bond acceptors (Lipinski definition) is 2. The van der Waals surface area contributed by atoms with Crippen LogP contribution in [-0.4, -0.2) is 6.54 Å². The van der Waals surface area contributed by atoms with Gasteiger partial charge in [0, 0.05) is 15.2 Å². The highest BCUT2D eigenvalue weighted by atomic mass is 127. The molecule has 1 aromatic heterocycles. The Bertz CT molecular complexity index is 489. The van der Waals surface area contributed by atoms with Gasteiger partial charge < -0.3 is 9.73 Å². The minimum Gasteiger partial charge on any atom is -0.469 e. The van der Waals surface area contributed by atoms with Crippen molar-refractivity contribution in [3.63, 3.8) is 0 Å². The molecule has 3 heteroatoms. The van der Waals surface area contributed by atoms with Gasteiger partial charge in [0.1, 0.15) is 5.76 Å². The van der Waals surface area contributed by atoms with Crippen LogP contribution in [0.4, 0.5) is 0 Å². The van der Waals surface area contributed by atoms with Gasteiger partial charge in [0.2, 0.25) is 0 Å². The van der Waals surface area contributed by atoms with Gasteiger partial charge in [-0.25, -0.2) is 0 Å². The molecule has 0 fully saturated rings. The summed E-state index contributed by atoms with van der Waals surface area (Å²) in [6.45, 7) is 5.07. The highest BCUT2D eigenvalue weighted by Gasteiger charge is 2.13. The molecule has 1 aromatic carbocycles. The van der Waals surface area contributed by atoms with Crippen LogP contribution in [0.25, 0.3) is 0 Å². The highest BCUT2D eigenvalue weighted by molar-refractivity contribution is 14.1. The minimum absolute atomic E-state index is 0.326.